The number of imide groups is 1. The van der Waals surface area contributed by atoms with E-state index in [1.807, 2.05) is 19.1 Å². The summed E-state index contributed by atoms with van der Waals surface area (Å²) in [4.78, 5) is 54.3. The highest BCUT2D eigenvalue weighted by Crippen LogP contribution is 2.28. The molecule has 0 bridgehead atoms. The fraction of sp³-hybridized carbons (Fsp3) is 0.385. The van der Waals surface area contributed by atoms with Crippen LogP contribution < -0.4 is 4.90 Å². The first-order chi connectivity index (χ1) is 16.4. The van der Waals surface area contributed by atoms with Crippen LogP contribution in [0.5, 0.6) is 0 Å². The monoisotopic (exact) mass is 464 g/mol. The summed E-state index contributed by atoms with van der Waals surface area (Å²) in [5.74, 6) is -1.64. The number of hydrogen-bond donors (Lipinski definition) is 0. The molecule has 2 atom stereocenters. The summed E-state index contributed by atoms with van der Waals surface area (Å²) in [5.41, 5.74) is 2.16. The minimum absolute atomic E-state index is 0.108. The largest absolute Gasteiger partial charge is 0.462 e. The number of hydrogen-bond acceptors (Lipinski definition) is 6. The molecule has 2 aromatic carbocycles. The summed E-state index contributed by atoms with van der Waals surface area (Å²) in [6.07, 6.45) is 1.41. The van der Waals surface area contributed by atoms with Crippen molar-refractivity contribution in [2.45, 2.75) is 45.3 Å². The van der Waals surface area contributed by atoms with Crippen molar-refractivity contribution in [3.8, 4) is 0 Å². The Balaban J connectivity index is 1.59. The molecule has 2 unspecified atom stereocenters. The van der Waals surface area contributed by atoms with E-state index in [0.717, 1.165) is 23.3 Å². The van der Waals surface area contributed by atoms with Gasteiger partial charge in [0.05, 0.1) is 30.4 Å². The summed E-state index contributed by atoms with van der Waals surface area (Å²) >= 11 is 0. The van der Waals surface area contributed by atoms with Crippen LogP contribution in [0.2, 0.25) is 0 Å². The van der Waals surface area contributed by atoms with Gasteiger partial charge in [0, 0.05) is 18.7 Å². The van der Waals surface area contributed by atoms with Crippen LogP contribution in [-0.4, -0.2) is 60.5 Å². The van der Waals surface area contributed by atoms with E-state index in [9.17, 15) is 19.2 Å². The number of anilines is 1. The maximum absolute atomic E-state index is 13.4. The lowest BCUT2D eigenvalue weighted by atomic mass is 10.1. The number of carbonyl (C=O) groups excluding carboxylic acids is 4. The van der Waals surface area contributed by atoms with E-state index >= 15 is 0 Å². The molecule has 2 heterocycles. The molecule has 8 heteroatoms. The van der Waals surface area contributed by atoms with Crippen molar-refractivity contribution in [2.24, 2.45) is 0 Å². The van der Waals surface area contributed by atoms with Crippen LogP contribution in [0, 0.1) is 6.92 Å². The fourth-order valence-corrected chi connectivity index (χ4v) is 4.31. The van der Waals surface area contributed by atoms with Crippen LogP contribution >= 0.6 is 0 Å². The number of ether oxygens (including phenoxy) is 2. The van der Waals surface area contributed by atoms with E-state index < -0.39 is 23.8 Å². The van der Waals surface area contributed by atoms with E-state index in [-0.39, 0.29) is 31.6 Å². The third-order valence-electron chi connectivity index (χ3n) is 6.12. The van der Waals surface area contributed by atoms with Crippen molar-refractivity contribution in [3.05, 3.63) is 65.2 Å². The van der Waals surface area contributed by atoms with Crippen LogP contribution in [0.1, 0.15) is 52.5 Å². The predicted octanol–water partition coefficient (Wildman–Crippen LogP) is 3.13. The molecule has 2 saturated heterocycles. The van der Waals surface area contributed by atoms with E-state index in [1.165, 1.54) is 29.2 Å². The Morgan fingerprint density at radius 3 is 2.35 bits per heavy atom. The van der Waals surface area contributed by atoms with Crippen molar-refractivity contribution >= 4 is 29.4 Å². The van der Waals surface area contributed by atoms with Crippen LogP contribution in [0.4, 0.5) is 5.69 Å². The maximum atomic E-state index is 13.4. The van der Waals surface area contributed by atoms with Crippen molar-refractivity contribution in [3.63, 3.8) is 0 Å². The van der Waals surface area contributed by atoms with Crippen LogP contribution in [-0.2, 0) is 19.1 Å². The summed E-state index contributed by atoms with van der Waals surface area (Å²) in [7, 11) is 0. The second-order valence-electron chi connectivity index (χ2n) is 8.51. The Morgan fingerprint density at radius 2 is 1.74 bits per heavy atom. The second kappa shape index (κ2) is 10.2. The van der Waals surface area contributed by atoms with E-state index in [2.05, 4.69) is 0 Å². The van der Waals surface area contributed by atoms with Gasteiger partial charge in [-0.15, -0.1) is 0 Å². The fourth-order valence-electron chi connectivity index (χ4n) is 4.31. The normalized spacial score (nSPS) is 20.0. The van der Waals surface area contributed by atoms with Gasteiger partial charge in [0.25, 0.3) is 11.8 Å². The Labute approximate surface area is 198 Å². The van der Waals surface area contributed by atoms with Crippen molar-refractivity contribution in [1.82, 2.24) is 4.90 Å². The molecule has 4 rings (SSSR count). The van der Waals surface area contributed by atoms with Crippen molar-refractivity contribution < 1.29 is 28.7 Å². The molecule has 2 fully saturated rings. The molecule has 0 aromatic heterocycles. The first-order valence-corrected chi connectivity index (χ1v) is 11.5. The molecule has 2 aliphatic heterocycles. The molecule has 2 aliphatic rings. The molecule has 178 valence electrons. The highest BCUT2D eigenvalue weighted by molar-refractivity contribution is 6.23. The summed E-state index contributed by atoms with van der Waals surface area (Å²) < 4.78 is 10.7. The quantitative estimate of drug-likeness (QED) is 0.462. The minimum atomic E-state index is -0.921. The van der Waals surface area contributed by atoms with Crippen LogP contribution in [0.25, 0.3) is 0 Å². The first kappa shape index (κ1) is 23.6. The van der Waals surface area contributed by atoms with Gasteiger partial charge in [0.2, 0.25) is 5.91 Å². The molecule has 0 N–H and O–H groups in total. The topological polar surface area (TPSA) is 93.2 Å². The van der Waals surface area contributed by atoms with Gasteiger partial charge in [-0.2, -0.15) is 0 Å². The molecule has 0 aliphatic carbocycles. The molecule has 0 spiro atoms. The number of amides is 3. The lowest BCUT2D eigenvalue weighted by Gasteiger charge is -2.30. The lowest BCUT2D eigenvalue weighted by Crippen LogP contribution is -2.48. The van der Waals surface area contributed by atoms with E-state index in [1.54, 1.807) is 19.1 Å². The van der Waals surface area contributed by atoms with Gasteiger partial charge in [-0.25, -0.2) is 9.69 Å². The van der Waals surface area contributed by atoms with Gasteiger partial charge in [0.1, 0.15) is 6.04 Å². The van der Waals surface area contributed by atoms with Gasteiger partial charge < -0.3 is 14.4 Å². The van der Waals surface area contributed by atoms with Gasteiger partial charge in [0.15, 0.2) is 0 Å². The standard InChI is InChI=1S/C26H28N2O6/c1-3-33-26(32)19-10-12-20(13-11-19)28-23(29)15-22(25(28)31)27(16-21-5-4-14-34-21)24(30)18-8-6-17(2)7-9-18/h6-13,21-22H,3-5,14-16H2,1-2H3. The Kier molecular flexibility index (Phi) is 7.07. The minimum Gasteiger partial charge on any atom is -0.462 e. The first-order valence-electron chi connectivity index (χ1n) is 11.5. The van der Waals surface area contributed by atoms with E-state index in [0.29, 0.717) is 23.4 Å². The predicted molar refractivity (Wildman–Crippen MR) is 124 cm³/mol. The number of nitrogens with zero attached hydrogens (tertiary/aromatic N) is 2. The van der Waals surface area contributed by atoms with E-state index in [4.69, 9.17) is 9.47 Å². The molecule has 0 radical (unpaired) electrons. The van der Waals surface area contributed by atoms with Gasteiger partial charge in [-0.05, 0) is 63.1 Å². The summed E-state index contributed by atoms with van der Waals surface area (Å²) in [6.45, 7) is 4.76. The van der Waals surface area contributed by atoms with Crippen LogP contribution in [0.3, 0.4) is 0 Å². The summed E-state index contributed by atoms with van der Waals surface area (Å²) in [5, 5.41) is 0. The number of carbonyl (C=O) groups is 4. The molecule has 0 saturated carbocycles. The van der Waals surface area contributed by atoms with Gasteiger partial charge in [-0.3, -0.25) is 14.4 Å². The maximum Gasteiger partial charge on any atom is 0.338 e. The molecular weight excluding hydrogens is 436 g/mol. The zero-order valence-corrected chi connectivity index (χ0v) is 19.4. The third-order valence-corrected chi connectivity index (χ3v) is 6.12. The number of rotatable bonds is 7. The summed E-state index contributed by atoms with van der Waals surface area (Å²) in [6, 6.07) is 12.3. The smallest absolute Gasteiger partial charge is 0.338 e. The zero-order chi connectivity index (χ0) is 24.2. The number of aryl methyl sites for hydroxylation is 1. The SMILES string of the molecule is CCOC(=O)c1ccc(N2C(=O)CC(N(CC3CCCO3)C(=O)c3ccc(C)cc3)C2=O)cc1. The Bertz CT molecular complexity index is 1070. The average molecular weight is 465 g/mol. The molecule has 3 amide bonds. The highest BCUT2D eigenvalue weighted by atomic mass is 16.5. The van der Waals surface area contributed by atoms with Crippen molar-refractivity contribution in [1.29, 1.82) is 0 Å². The highest BCUT2D eigenvalue weighted by Gasteiger charge is 2.45. The molecule has 34 heavy (non-hydrogen) atoms. The molecule has 8 nitrogen and oxygen atoms in total. The average Bonchev–Trinajstić information content (AvgIpc) is 3.45. The van der Waals surface area contributed by atoms with Gasteiger partial charge in [-0.1, -0.05) is 17.7 Å². The second-order valence-corrected chi connectivity index (χ2v) is 8.51. The lowest BCUT2D eigenvalue weighted by molar-refractivity contribution is -0.122. The number of esters is 1. The van der Waals surface area contributed by atoms with Gasteiger partial charge >= 0.3 is 5.97 Å². The Hall–Kier alpha value is -3.52. The van der Waals surface area contributed by atoms with Crippen LogP contribution in [0.15, 0.2) is 48.5 Å². The zero-order valence-electron chi connectivity index (χ0n) is 19.4. The van der Waals surface area contributed by atoms with Crippen molar-refractivity contribution in [2.75, 3.05) is 24.7 Å². The molecular formula is C26H28N2O6. The Morgan fingerprint density at radius 1 is 1.06 bits per heavy atom. The molecule has 2 aromatic rings. The number of benzene rings is 2. The third kappa shape index (κ3) is 4.87.